The van der Waals surface area contributed by atoms with Crippen molar-refractivity contribution < 1.29 is 17.2 Å². The summed E-state index contributed by atoms with van der Waals surface area (Å²) in [4.78, 5) is -0.320. The first kappa shape index (κ1) is 18.6. The van der Waals surface area contributed by atoms with Crippen LogP contribution in [0.1, 0.15) is 37.7 Å². The molecule has 2 aromatic carbocycles. The minimum Gasteiger partial charge on any atom is -0.217 e. The van der Waals surface area contributed by atoms with Gasteiger partial charge in [-0.15, -0.1) is 0 Å². The summed E-state index contributed by atoms with van der Waals surface area (Å²) in [6.07, 6.45) is 2.83. The van der Waals surface area contributed by atoms with Gasteiger partial charge in [-0.2, -0.15) is 8.78 Å². The largest absolute Gasteiger partial charge is 0.350 e. The van der Waals surface area contributed by atoms with E-state index in [4.69, 9.17) is 0 Å². The van der Waals surface area contributed by atoms with Crippen LogP contribution in [0.15, 0.2) is 65.6 Å². The third-order valence-corrected chi connectivity index (χ3v) is 5.86. The maximum Gasteiger partial charge on any atom is 0.350 e. The first-order valence-electron chi connectivity index (χ1n) is 8.15. The zero-order valence-corrected chi connectivity index (χ0v) is 14.3. The summed E-state index contributed by atoms with van der Waals surface area (Å²) in [5, 5.41) is -3.71. The van der Waals surface area contributed by atoms with Crippen LogP contribution in [0, 0.1) is 0 Å². The topological polar surface area (TPSA) is 34.1 Å². The van der Waals surface area contributed by atoms with E-state index in [1.54, 1.807) is 6.07 Å². The standard InChI is InChI=1S/C19H22F2O2S/c20-19(21,24(22,23)18-14-8-4-9-15-18)16-10-2-1-5-11-17-12-6-3-7-13-17/h3-4,6-9,12-15H,1-2,5,10-11,16H2. The van der Waals surface area contributed by atoms with Crippen LogP contribution in [0.4, 0.5) is 8.78 Å². The van der Waals surface area contributed by atoms with E-state index in [-0.39, 0.29) is 11.3 Å². The van der Waals surface area contributed by atoms with Crippen molar-refractivity contribution in [3.8, 4) is 0 Å². The quantitative estimate of drug-likeness (QED) is 0.578. The van der Waals surface area contributed by atoms with Gasteiger partial charge in [0.2, 0.25) is 9.84 Å². The molecule has 0 aliphatic carbocycles. The smallest absolute Gasteiger partial charge is 0.217 e. The second-order valence-corrected chi connectivity index (χ2v) is 7.93. The van der Waals surface area contributed by atoms with Crippen molar-refractivity contribution in [1.29, 1.82) is 0 Å². The molecule has 0 unspecified atom stereocenters. The van der Waals surface area contributed by atoms with Crippen molar-refractivity contribution >= 4 is 9.84 Å². The fourth-order valence-corrected chi connectivity index (χ4v) is 3.84. The molecule has 130 valence electrons. The monoisotopic (exact) mass is 352 g/mol. The molecule has 2 aromatic rings. The number of hydrogen-bond donors (Lipinski definition) is 0. The number of halogens is 2. The molecule has 24 heavy (non-hydrogen) atoms. The zero-order chi connectivity index (χ0) is 17.5. The van der Waals surface area contributed by atoms with Gasteiger partial charge in [0.15, 0.2) is 0 Å². The van der Waals surface area contributed by atoms with Crippen LogP contribution >= 0.6 is 0 Å². The van der Waals surface area contributed by atoms with E-state index in [9.17, 15) is 17.2 Å². The third kappa shape index (κ3) is 4.87. The lowest BCUT2D eigenvalue weighted by atomic mass is 10.1. The van der Waals surface area contributed by atoms with Crippen LogP contribution in [0.2, 0.25) is 0 Å². The van der Waals surface area contributed by atoms with E-state index in [2.05, 4.69) is 0 Å². The van der Waals surface area contributed by atoms with E-state index in [0.29, 0.717) is 6.42 Å². The zero-order valence-electron chi connectivity index (χ0n) is 13.5. The van der Waals surface area contributed by atoms with Crippen LogP contribution in [-0.2, 0) is 16.3 Å². The first-order chi connectivity index (χ1) is 11.4. The number of aryl methyl sites for hydroxylation is 1. The molecule has 0 N–H and O–H groups in total. The maximum atomic E-state index is 14.1. The Morgan fingerprint density at radius 1 is 0.750 bits per heavy atom. The molecule has 0 atom stereocenters. The van der Waals surface area contributed by atoms with Gasteiger partial charge < -0.3 is 0 Å². The highest BCUT2D eigenvalue weighted by Crippen LogP contribution is 2.33. The van der Waals surface area contributed by atoms with E-state index in [1.807, 2.05) is 30.3 Å². The van der Waals surface area contributed by atoms with Crippen LogP contribution in [-0.4, -0.2) is 13.7 Å². The van der Waals surface area contributed by atoms with Crippen molar-refractivity contribution in [1.82, 2.24) is 0 Å². The highest BCUT2D eigenvalue weighted by atomic mass is 32.2. The van der Waals surface area contributed by atoms with Crippen molar-refractivity contribution in [3.05, 3.63) is 66.2 Å². The van der Waals surface area contributed by atoms with Gasteiger partial charge in [0.25, 0.3) is 0 Å². The Morgan fingerprint density at radius 3 is 1.92 bits per heavy atom. The van der Waals surface area contributed by atoms with Gasteiger partial charge in [0, 0.05) is 6.42 Å². The molecule has 2 rings (SSSR count). The van der Waals surface area contributed by atoms with Crippen molar-refractivity contribution in [3.63, 3.8) is 0 Å². The third-order valence-electron chi connectivity index (χ3n) is 3.97. The minimum absolute atomic E-state index is 0.202. The summed E-state index contributed by atoms with van der Waals surface area (Å²) in [5.41, 5.74) is 1.23. The molecule has 5 heteroatoms. The molecule has 0 saturated heterocycles. The summed E-state index contributed by atoms with van der Waals surface area (Å²) < 4.78 is 52.2. The molecule has 0 amide bonds. The van der Waals surface area contributed by atoms with E-state index >= 15 is 0 Å². The number of unbranched alkanes of at least 4 members (excludes halogenated alkanes) is 3. The molecule has 0 bridgehead atoms. The summed E-state index contributed by atoms with van der Waals surface area (Å²) in [6, 6.07) is 16.9. The molecular weight excluding hydrogens is 330 g/mol. The van der Waals surface area contributed by atoms with Crippen molar-refractivity contribution in [2.75, 3.05) is 0 Å². The van der Waals surface area contributed by atoms with Crippen LogP contribution in [0.25, 0.3) is 0 Å². The SMILES string of the molecule is O=S(=O)(c1ccccc1)C(F)(F)CCCCCCc1ccccc1. The number of hydrogen-bond acceptors (Lipinski definition) is 2. The fraction of sp³-hybridized carbons (Fsp3) is 0.368. The Kier molecular flexibility index (Phi) is 6.49. The van der Waals surface area contributed by atoms with Crippen LogP contribution < -0.4 is 0 Å². The number of alkyl halides is 2. The van der Waals surface area contributed by atoms with Crippen LogP contribution in [0.5, 0.6) is 0 Å². The maximum absolute atomic E-state index is 14.1. The molecule has 0 saturated carbocycles. The van der Waals surface area contributed by atoms with Gasteiger partial charge in [-0.3, -0.25) is 0 Å². The van der Waals surface area contributed by atoms with Crippen LogP contribution in [0.3, 0.4) is 0 Å². The molecule has 0 heterocycles. The molecule has 0 aromatic heterocycles. The molecular formula is C19H22F2O2S. The van der Waals surface area contributed by atoms with Gasteiger partial charge >= 0.3 is 5.25 Å². The van der Waals surface area contributed by atoms with E-state index in [0.717, 1.165) is 19.3 Å². The second kappa shape index (κ2) is 8.38. The van der Waals surface area contributed by atoms with Gasteiger partial charge in [0.1, 0.15) is 0 Å². The lowest BCUT2D eigenvalue weighted by Gasteiger charge is -2.17. The van der Waals surface area contributed by atoms with E-state index in [1.165, 1.54) is 29.8 Å². The van der Waals surface area contributed by atoms with Gasteiger partial charge in [-0.25, -0.2) is 8.42 Å². The number of rotatable bonds is 9. The lowest BCUT2D eigenvalue weighted by molar-refractivity contribution is 0.0788. The molecule has 0 aliphatic rings. The van der Waals surface area contributed by atoms with Crippen molar-refractivity contribution in [2.45, 2.75) is 48.7 Å². The Balaban J connectivity index is 1.76. The Bertz CT molecular complexity index is 714. The highest BCUT2D eigenvalue weighted by molar-refractivity contribution is 7.92. The Morgan fingerprint density at radius 2 is 1.29 bits per heavy atom. The van der Waals surface area contributed by atoms with Gasteiger partial charge in [-0.1, -0.05) is 61.4 Å². The lowest BCUT2D eigenvalue weighted by Crippen LogP contribution is -2.28. The fourth-order valence-electron chi connectivity index (χ4n) is 2.56. The Hall–Kier alpha value is -1.75. The summed E-state index contributed by atoms with van der Waals surface area (Å²) in [7, 11) is -4.61. The van der Waals surface area contributed by atoms with Crippen molar-refractivity contribution in [2.24, 2.45) is 0 Å². The van der Waals surface area contributed by atoms with Gasteiger partial charge in [-0.05, 0) is 37.0 Å². The molecule has 0 radical (unpaired) electrons. The number of benzene rings is 2. The average molecular weight is 352 g/mol. The number of sulfone groups is 1. The molecule has 0 spiro atoms. The minimum atomic E-state index is -4.61. The normalized spacial score (nSPS) is 12.2. The highest BCUT2D eigenvalue weighted by Gasteiger charge is 2.44. The molecule has 2 nitrogen and oxygen atoms in total. The average Bonchev–Trinajstić information content (AvgIpc) is 2.59. The first-order valence-corrected chi connectivity index (χ1v) is 9.63. The van der Waals surface area contributed by atoms with E-state index < -0.39 is 21.5 Å². The summed E-state index contributed by atoms with van der Waals surface area (Å²) >= 11 is 0. The second-order valence-electron chi connectivity index (χ2n) is 5.85. The summed E-state index contributed by atoms with van der Waals surface area (Å²) in [6.45, 7) is 0. The molecule has 0 aliphatic heterocycles. The molecule has 0 fully saturated rings. The Labute approximate surface area is 142 Å². The predicted octanol–water partition coefficient (Wildman–Crippen LogP) is 5.25. The predicted molar refractivity (Wildman–Crippen MR) is 91.8 cm³/mol. The summed E-state index contributed by atoms with van der Waals surface area (Å²) in [5.74, 6) is 0. The van der Waals surface area contributed by atoms with Gasteiger partial charge in [0.05, 0.1) is 4.90 Å².